The van der Waals surface area contributed by atoms with Crippen LogP contribution >= 0.6 is 0 Å². The van der Waals surface area contributed by atoms with E-state index in [9.17, 15) is 4.79 Å². The van der Waals surface area contributed by atoms with Crippen molar-refractivity contribution >= 4 is 5.91 Å². The fraction of sp³-hybridized carbons (Fsp3) is 0.667. The average molecular weight is 238 g/mol. The summed E-state index contributed by atoms with van der Waals surface area (Å²) in [6.07, 6.45) is 4.23. The predicted molar refractivity (Wildman–Crippen MR) is 67.6 cm³/mol. The molecular weight excluding hydrogens is 216 g/mol. The molecule has 0 spiro atoms. The topological polar surface area (TPSA) is 64.2 Å². The van der Waals surface area contributed by atoms with E-state index in [2.05, 4.69) is 4.98 Å². The van der Waals surface area contributed by atoms with Gasteiger partial charge in [0.25, 0.3) is 0 Å². The van der Waals surface area contributed by atoms with Gasteiger partial charge in [-0.2, -0.15) is 0 Å². The first-order chi connectivity index (χ1) is 8.15. The molecule has 1 atom stereocenters. The number of nitrogens with zero attached hydrogens (tertiary/aromatic N) is 3. The largest absolute Gasteiger partial charge is 0.341 e. The van der Waals surface area contributed by atoms with Crippen LogP contribution in [-0.2, 0) is 11.2 Å². The molecule has 5 nitrogen and oxygen atoms in total. The lowest BCUT2D eigenvalue weighted by molar-refractivity contribution is -0.133. The van der Waals surface area contributed by atoms with Crippen molar-refractivity contribution in [1.29, 1.82) is 0 Å². The molecule has 0 saturated carbocycles. The molecule has 0 aliphatic rings. The van der Waals surface area contributed by atoms with E-state index in [0.29, 0.717) is 6.54 Å². The lowest BCUT2D eigenvalue weighted by atomic mass is 10.2. The maximum Gasteiger partial charge on any atom is 0.245 e. The molecule has 0 aromatic carbocycles. The molecule has 0 aliphatic heterocycles. The molecular formula is C12H22N4O. The molecule has 17 heavy (non-hydrogen) atoms. The molecule has 1 aromatic heterocycles. The molecule has 1 aromatic rings. The fourth-order valence-corrected chi connectivity index (χ4v) is 1.94. The van der Waals surface area contributed by atoms with Crippen molar-refractivity contribution in [3.05, 3.63) is 18.2 Å². The molecule has 0 bridgehead atoms. The van der Waals surface area contributed by atoms with E-state index >= 15 is 0 Å². The molecule has 96 valence electrons. The number of hydrogen-bond acceptors (Lipinski definition) is 3. The Hall–Kier alpha value is -1.36. The first kappa shape index (κ1) is 13.7. The van der Waals surface area contributed by atoms with Gasteiger partial charge in [0.15, 0.2) is 0 Å². The zero-order chi connectivity index (χ0) is 12.8. The zero-order valence-corrected chi connectivity index (χ0v) is 10.9. The van der Waals surface area contributed by atoms with E-state index in [1.165, 1.54) is 0 Å². The Morgan fingerprint density at radius 1 is 1.53 bits per heavy atom. The highest BCUT2D eigenvalue weighted by Gasteiger charge is 2.21. The number of nitrogens with two attached hydrogens (primary N) is 1. The zero-order valence-electron chi connectivity index (χ0n) is 10.9. The van der Waals surface area contributed by atoms with Gasteiger partial charge >= 0.3 is 0 Å². The summed E-state index contributed by atoms with van der Waals surface area (Å²) in [7, 11) is 0. The second kappa shape index (κ2) is 6.39. The van der Waals surface area contributed by atoms with Crippen molar-refractivity contribution in [2.24, 2.45) is 5.73 Å². The van der Waals surface area contributed by atoms with Gasteiger partial charge in [0.05, 0.1) is 6.33 Å². The van der Waals surface area contributed by atoms with E-state index in [4.69, 9.17) is 5.73 Å². The van der Waals surface area contributed by atoms with Crippen LogP contribution in [0, 0.1) is 0 Å². The summed E-state index contributed by atoms with van der Waals surface area (Å²) in [5, 5.41) is 0. The average Bonchev–Trinajstić information content (AvgIpc) is 2.78. The number of rotatable bonds is 6. The number of imidazole rings is 1. The van der Waals surface area contributed by atoms with E-state index in [-0.39, 0.29) is 11.9 Å². The third-order valence-corrected chi connectivity index (χ3v) is 3.00. The molecule has 1 rings (SSSR count). The van der Waals surface area contributed by atoms with Crippen LogP contribution in [0.4, 0.5) is 0 Å². The van der Waals surface area contributed by atoms with Gasteiger partial charge in [0, 0.05) is 31.4 Å². The smallest absolute Gasteiger partial charge is 0.245 e. The number of carbonyl (C=O) groups is 1. The number of amides is 1. The highest BCUT2D eigenvalue weighted by atomic mass is 16.2. The van der Waals surface area contributed by atoms with E-state index in [1.54, 1.807) is 12.5 Å². The number of aromatic nitrogens is 2. The summed E-state index contributed by atoms with van der Waals surface area (Å²) in [5.41, 5.74) is 6.55. The van der Waals surface area contributed by atoms with Crippen LogP contribution < -0.4 is 5.73 Å². The minimum absolute atomic E-state index is 0.131. The molecule has 2 N–H and O–H groups in total. The van der Waals surface area contributed by atoms with Crippen LogP contribution in [0.15, 0.2) is 12.5 Å². The second-order valence-corrected chi connectivity index (χ2v) is 4.02. The predicted octanol–water partition coefficient (Wildman–Crippen LogP) is 0.814. The van der Waals surface area contributed by atoms with E-state index in [0.717, 1.165) is 25.2 Å². The third-order valence-electron chi connectivity index (χ3n) is 3.00. The maximum absolute atomic E-state index is 12.2. The highest BCUT2D eigenvalue weighted by Crippen LogP contribution is 2.13. The van der Waals surface area contributed by atoms with Gasteiger partial charge in [-0.3, -0.25) is 4.79 Å². The first-order valence-corrected chi connectivity index (χ1v) is 6.15. The Labute approximate surface area is 103 Å². The standard InChI is InChI=1S/C12H22N4O/c1-4-15(5-2)12(17)10(3)16-9-14-8-11(16)6-7-13/h8-10H,4-7,13H2,1-3H3. The van der Waals surface area contributed by atoms with Gasteiger partial charge < -0.3 is 15.2 Å². The third kappa shape index (κ3) is 3.06. The van der Waals surface area contributed by atoms with Crippen LogP contribution in [0.3, 0.4) is 0 Å². The SMILES string of the molecule is CCN(CC)C(=O)C(C)n1cncc1CCN. The molecule has 1 heterocycles. The summed E-state index contributed by atoms with van der Waals surface area (Å²) in [6, 6.07) is -0.209. The Kier molecular flexibility index (Phi) is 5.15. The highest BCUT2D eigenvalue weighted by molar-refractivity contribution is 5.80. The van der Waals surface area contributed by atoms with Crippen molar-refractivity contribution in [3.63, 3.8) is 0 Å². The van der Waals surface area contributed by atoms with Gasteiger partial charge in [-0.05, 0) is 27.3 Å². The molecule has 1 unspecified atom stereocenters. The summed E-state index contributed by atoms with van der Waals surface area (Å²) in [6.45, 7) is 7.92. The van der Waals surface area contributed by atoms with Gasteiger partial charge in [-0.15, -0.1) is 0 Å². The molecule has 0 fully saturated rings. The molecule has 5 heteroatoms. The minimum Gasteiger partial charge on any atom is -0.341 e. The van der Waals surface area contributed by atoms with Crippen LogP contribution in [0.1, 0.15) is 32.5 Å². The van der Waals surface area contributed by atoms with Crippen molar-refractivity contribution in [2.75, 3.05) is 19.6 Å². The lowest BCUT2D eigenvalue weighted by Gasteiger charge is -2.24. The summed E-state index contributed by atoms with van der Waals surface area (Å²) >= 11 is 0. The molecule has 0 aliphatic carbocycles. The summed E-state index contributed by atoms with van der Waals surface area (Å²) in [4.78, 5) is 18.1. The van der Waals surface area contributed by atoms with Crippen LogP contribution in [-0.4, -0.2) is 40.0 Å². The summed E-state index contributed by atoms with van der Waals surface area (Å²) < 4.78 is 1.91. The van der Waals surface area contributed by atoms with Crippen LogP contribution in [0.5, 0.6) is 0 Å². The number of likely N-dealkylation sites (N-methyl/N-ethyl adjacent to an activating group) is 1. The Morgan fingerprint density at radius 3 is 2.71 bits per heavy atom. The van der Waals surface area contributed by atoms with E-state index < -0.39 is 0 Å². The van der Waals surface area contributed by atoms with Crippen LogP contribution in [0.25, 0.3) is 0 Å². The molecule has 0 saturated heterocycles. The summed E-state index contributed by atoms with van der Waals surface area (Å²) in [5.74, 6) is 0.131. The van der Waals surface area contributed by atoms with E-state index in [1.807, 2.05) is 30.2 Å². The van der Waals surface area contributed by atoms with Gasteiger partial charge in [-0.25, -0.2) is 4.98 Å². The Balaban J connectivity index is 2.84. The second-order valence-electron chi connectivity index (χ2n) is 4.02. The van der Waals surface area contributed by atoms with Gasteiger partial charge in [-0.1, -0.05) is 0 Å². The number of hydrogen-bond donors (Lipinski definition) is 1. The number of carbonyl (C=O) groups excluding carboxylic acids is 1. The molecule has 0 radical (unpaired) electrons. The van der Waals surface area contributed by atoms with Crippen molar-refractivity contribution in [1.82, 2.24) is 14.5 Å². The van der Waals surface area contributed by atoms with Crippen LogP contribution in [0.2, 0.25) is 0 Å². The minimum atomic E-state index is -0.209. The van der Waals surface area contributed by atoms with Gasteiger partial charge in [0.1, 0.15) is 6.04 Å². The fourth-order valence-electron chi connectivity index (χ4n) is 1.94. The van der Waals surface area contributed by atoms with Gasteiger partial charge in [0.2, 0.25) is 5.91 Å². The monoisotopic (exact) mass is 238 g/mol. The lowest BCUT2D eigenvalue weighted by Crippen LogP contribution is -2.36. The molecule has 1 amide bonds. The van der Waals surface area contributed by atoms with Crippen molar-refractivity contribution in [2.45, 2.75) is 33.2 Å². The Bertz CT molecular complexity index is 357. The quantitative estimate of drug-likeness (QED) is 0.797. The normalized spacial score (nSPS) is 12.5. The Morgan fingerprint density at radius 2 is 2.18 bits per heavy atom. The van der Waals surface area contributed by atoms with Crippen molar-refractivity contribution in [3.8, 4) is 0 Å². The first-order valence-electron chi connectivity index (χ1n) is 6.15. The van der Waals surface area contributed by atoms with Crippen molar-refractivity contribution < 1.29 is 4.79 Å². The maximum atomic E-state index is 12.2.